The highest BCUT2D eigenvalue weighted by molar-refractivity contribution is 5.76. The zero-order valence-corrected chi connectivity index (χ0v) is 18.3. The molecule has 0 saturated carbocycles. The van der Waals surface area contributed by atoms with Gasteiger partial charge in [0, 0.05) is 67.5 Å². The van der Waals surface area contributed by atoms with Gasteiger partial charge in [0.2, 0.25) is 0 Å². The Kier molecular flexibility index (Phi) is 5.69. The van der Waals surface area contributed by atoms with E-state index in [-0.39, 0.29) is 17.2 Å². The molecule has 2 atom stereocenters. The first kappa shape index (κ1) is 21.0. The number of hydrogen-bond donors (Lipinski definition) is 2. The fourth-order valence-corrected chi connectivity index (χ4v) is 5.21. The summed E-state index contributed by atoms with van der Waals surface area (Å²) in [5, 5.41) is 36.1. The van der Waals surface area contributed by atoms with Crippen molar-refractivity contribution >= 4 is 17.1 Å². The van der Waals surface area contributed by atoms with Gasteiger partial charge in [-0.25, -0.2) is 0 Å². The van der Waals surface area contributed by atoms with Gasteiger partial charge in [-0.05, 0) is 49.9 Å². The lowest BCUT2D eigenvalue weighted by molar-refractivity contribution is -0.384. The molecule has 10 heteroatoms. The van der Waals surface area contributed by atoms with Gasteiger partial charge >= 0.3 is 5.69 Å². The van der Waals surface area contributed by atoms with Gasteiger partial charge in [-0.15, -0.1) is 0 Å². The topological polar surface area (TPSA) is 131 Å². The highest BCUT2D eigenvalue weighted by Gasteiger charge is 2.32. The molecule has 2 unspecified atom stereocenters. The summed E-state index contributed by atoms with van der Waals surface area (Å²) in [5.74, 6) is 0.528. The average Bonchev–Trinajstić information content (AvgIpc) is 3.58. The first-order chi connectivity index (χ1) is 16.1. The normalized spacial score (nSPS) is 21.1. The summed E-state index contributed by atoms with van der Waals surface area (Å²) in [5.41, 5.74) is 3.54. The van der Waals surface area contributed by atoms with Crippen LogP contribution < -0.4 is 9.80 Å². The molecule has 170 valence electrons. The number of hydrogen-bond acceptors (Lipinski definition) is 7. The molecule has 2 aromatic heterocycles. The van der Waals surface area contributed by atoms with Crippen LogP contribution in [0.4, 0.5) is 17.1 Å². The molecule has 2 aliphatic heterocycles. The van der Waals surface area contributed by atoms with Crippen LogP contribution in [0.3, 0.4) is 0 Å². The number of anilines is 2. The van der Waals surface area contributed by atoms with Gasteiger partial charge in [0.25, 0.3) is 0 Å². The van der Waals surface area contributed by atoms with Crippen LogP contribution in [-0.2, 0) is 0 Å². The summed E-state index contributed by atoms with van der Waals surface area (Å²) in [6, 6.07) is 9.63. The third-order valence-electron chi connectivity index (χ3n) is 6.85. The number of aromatic amines is 2. The zero-order valence-electron chi connectivity index (χ0n) is 18.3. The Bertz CT molecular complexity index is 1150. The largest absolute Gasteiger partial charge is 0.371 e. The van der Waals surface area contributed by atoms with Crippen molar-refractivity contribution in [1.82, 2.24) is 20.4 Å². The summed E-state index contributed by atoms with van der Waals surface area (Å²) in [6.07, 6.45) is 7.47. The van der Waals surface area contributed by atoms with E-state index in [1.54, 1.807) is 18.5 Å². The van der Waals surface area contributed by atoms with Gasteiger partial charge in [-0.3, -0.25) is 20.3 Å². The smallest absolute Gasteiger partial charge is 0.310 e. The van der Waals surface area contributed by atoms with Gasteiger partial charge in [0.15, 0.2) is 0 Å². The Balaban J connectivity index is 1.49. The maximum absolute atomic E-state index is 12.0. The molecule has 33 heavy (non-hydrogen) atoms. The van der Waals surface area contributed by atoms with Gasteiger partial charge < -0.3 is 9.80 Å². The van der Waals surface area contributed by atoms with Crippen molar-refractivity contribution in [2.24, 2.45) is 0 Å². The SMILES string of the molecule is N#Cc1cc(N2CCCC(c3ccn[nH]3)C2)cc(N2CCCC(c3ccn[nH]3)C2)c1[N+](=O)[O-]. The number of aromatic nitrogens is 4. The minimum atomic E-state index is -0.416. The van der Waals surface area contributed by atoms with Crippen LogP contribution in [0, 0.1) is 21.4 Å². The molecule has 0 aliphatic carbocycles. The summed E-state index contributed by atoms with van der Waals surface area (Å²) in [6.45, 7) is 3.00. The third kappa shape index (κ3) is 4.14. The standard InChI is InChI=1S/C23H26N8O2/c24-13-18-11-19(29-9-1-3-16(14-29)20-5-7-25-27-20)12-22(23(18)31(32)33)30-10-2-4-17(15-30)21-6-8-26-28-21/h5-8,11-12,16-17H,1-4,9-10,14-15H2,(H,25,27)(H,26,28). The van der Waals surface area contributed by atoms with Crippen molar-refractivity contribution in [3.05, 3.63) is 63.7 Å². The fourth-order valence-electron chi connectivity index (χ4n) is 5.21. The molecule has 0 bridgehead atoms. The monoisotopic (exact) mass is 446 g/mol. The Morgan fingerprint density at radius 3 is 2.15 bits per heavy atom. The highest BCUT2D eigenvalue weighted by atomic mass is 16.6. The first-order valence-corrected chi connectivity index (χ1v) is 11.3. The van der Waals surface area contributed by atoms with Crippen molar-refractivity contribution in [3.8, 4) is 6.07 Å². The van der Waals surface area contributed by atoms with Crippen LogP contribution in [0.1, 0.15) is 54.5 Å². The molecule has 2 aliphatic rings. The van der Waals surface area contributed by atoms with E-state index in [1.165, 1.54) is 0 Å². The van der Waals surface area contributed by atoms with E-state index in [0.29, 0.717) is 18.2 Å². The molecule has 3 aromatic rings. The number of nitrogens with zero attached hydrogens (tertiary/aromatic N) is 6. The molecule has 2 fully saturated rings. The van der Waals surface area contributed by atoms with E-state index in [1.807, 2.05) is 18.2 Å². The summed E-state index contributed by atoms with van der Waals surface area (Å²) in [4.78, 5) is 15.9. The first-order valence-electron chi connectivity index (χ1n) is 11.3. The second-order valence-corrected chi connectivity index (χ2v) is 8.82. The van der Waals surface area contributed by atoms with Crippen molar-refractivity contribution < 1.29 is 4.92 Å². The second kappa shape index (κ2) is 8.94. The van der Waals surface area contributed by atoms with Crippen LogP contribution in [-0.4, -0.2) is 51.5 Å². The second-order valence-electron chi connectivity index (χ2n) is 8.82. The Hall–Kier alpha value is -3.87. The number of nitro groups is 1. The van der Waals surface area contributed by atoms with E-state index in [0.717, 1.165) is 62.4 Å². The fraction of sp³-hybridized carbons (Fsp3) is 0.435. The molecular formula is C23H26N8O2. The van der Waals surface area contributed by atoms with Crippen molar-refractivity contribution in [1.29, 1.82) is 5.26 Å². The molecule has 4 heterocycles. The Morgan fingerprint density at radius 2 is 1.61 bits per heavy atom. The lowest BCUT2D eigenvalue weighted by Gasteiger charge is -2.36. The van der Waals surface area contributed by atoms with Crippen LogP contribution in [0.5, 0.6) is 0 Å². The average molecular weight is 447 g/mol. The molecule has 0 amide bonds. The van der Waals surface area contributed by atoms with Crippen LogP contribution in [0.15, 0.2) is 36.7 Å². The number of rotatable bonds is 5. The predicted molar refractivity (Wildman–Crippen MR) is 123 cm³/mol. The van der Waals surface area contributed by atoms with E-state index in [2.05, 4.69) is 36.3 Å². The number of benzene rings is 1. The van der Waals surface area contributed by atoms with Gasteiger partial charge in [0.1, 0.15) is 17.3 Å². The molecule has 2 N–H and O–H groups in total. The minimum Gasteiger partial charge on any atom is -0.371 e. The van der Waals surface area contributed by atoms with Crippen molar-refractivity contribution in [2.75, 3.05) is 36.0 Å². The maximum atomic E-state index is 12.0. The summed E-state index contributed by atoms with van der Waals surface area (Å²) in [7, 11) is 0. The van der Waals surface area contributed by atoms with E-state index in [9.17, 15) is 15.4 Å². The zero-order chi connectivity index (χ0) is 22.8. The molecule has 10 nitrogen and oxygen atoms in total. The van der Waals surface area contributed by atoms with Gasteiger partial charge in [-0.2, -0.15) is 15.5 Å². The van der Waals surface area contributed by atoms with Crippen LogP contribution >= 0.6 is 0 Å². The van der Waals surface area contributed by atoms with E-state index in [4.69, 9.17) is 0 Å². The lowest BCUT2D eigenvalue weighted by Crippen LogP contribution is -2.36. The maximum Gasteiger partial charge on any atom is 0.310 e. The van der Waals surface area contributed by atoms with Crippen molar-refractivity contribution in [2.45, 2.75) is 37.5 Å². The summed E-state index contributed by atoms with van der Waals surface area (Å²) < 4.78 is 0. The quantitative estimate of drug-likeness (QED) is 0.451. The van der Waals surface area contributed by atoms with Crippen LogP contribution in [0.2, 0.25) is 0 Å². The molecule has 2 saturated heterocycles. The third-order valence-corrected chi connectivity index (χ3v) is 6.85. The Labute approximate surface area is 191 Å². The minimum absolute atomic E-state index is 0.103. The van der Waals surface area contributed by atoms with Gasteiger partial charge in [0.05, 0.1) is 4.92 Å². The lowest BCUT2D eigenvalue weighted by atomic mass is 9.93. The predicted octanol–water partition coefficient (Wildman–Crippen LogP) is 3.68. The summed E-state index contributed by atoms with van der Waals surface area (Å²) >= 11 is 0. The number of nitrogens with one attached hydrogen (secondary N) is 2. The number of nitriles is 1. The van der Waals surface area contributed by atoms with E-state index < -0.39 is 4.92 Å². The van der Waals surface area contributed by atoms with E-state index >= 15 is 0 Å². The molecule has 0 radical (unpaired) electrons. The Morgan fingerprint density at radius 1 is 1.00 bits per heavy atom. The number of H-pyrrole nitrogens is 2. The highest BCUT2D eigenvalue weighted by Crippen LogP contribution is 2.40. The van der Waals surface area contributed by atoms with Gasteiger partial charge in [-0.1, -0.05) is 0 Å². The van der Waals surface area contributed by atoms with Crippen LogP contribution in [0.25, 0.3) is 0 Å². The van der Waals surface area contributed by atoms with Crippen molar-refractivity contribution in [3.63, 3.8) is 0 Å². The number of piperidine rings is 2. The molecule has 1 aromatic carbocycles. The molecular weight excluding hydrogens is 420 g/mol. The molecule has 0 spiro atoms. The molecule has 5 rings (SSSR count). The number of nitro benzene ring substituents is 1.